The minimum Gasteiger partial charge on any atom is -0.478 e. The van der Waals surface area contributed by atoms with Crippen molar-refractivity contribution in [3.05, 3.63) is 59.2 Å². The summed E-state index contributed by atoms with van der Waals surface area (Å²) in [5, 5.41) is 12.1. The molecule has 0 spiro atoms. The average molecular weight is 326 g/mol. The van der Waals surface area contributed by atoms with E-state index in [-0.39, 0.29) is 11.5 Å². The Balaban J connectivity index is 2.40. The van der Waals surface area contributed by atoms with E-state index in [1.54, 1.807) is 24.3 Å². The Hall–Kier alpha value is -2.82. The van der Waals surface area contributed by atoms with Gasteiger partial charge >= 0.3 is 5.97 Å². The second kappa shape index (κ2) is 7.64. The molecule has 2 N–H and O–H groups in total. The van der Waals surface area contributed by atoms with Gasteiger partial charge in [0, 0.05) is 18.7 Å². The fraction of sp³-hybridized carbons (Fsp3) is 0.263. The van der Waals surface area contributed by atoms with E-state index in [0.29, 0.717) is 11.3 Å². The molecule has 0 saturated carbocycles. The molecule has 0 radical (unpaired) electrons. The van der Waals surface area contributed by atoms with E-state index in [2.05, 4.69) is 10.2 Å². The first kappa shape index (κ1) is 17.5. The molecule has 2 rings (SSSR count). The summed E-state index contributed by atoms with van der Waals surface area (Å²) in [5.74, 6) is -1.28. The Bertz CT molecular complexity index is 752. The fourth-order valence-corrected chi connectivity index (χ4v) is 2.59. The van der Waals surface area contributed by atoms with Crippen molar-refractivity contribution in [3.8, 4) is 0 Å². The number of benzene rings is 2. The Morgan fingerprint density at radius 2 is 1.75 bits per heavy atom. The van der Waals surface area contributed by atoms with Crippen LogP contribution in [-0.2, 0) is 0 Å². The van der Waals surface area contributed by atoms with Gasteiger partial charge < -0.3 is 15.3 Å². The molecular weight excluding hydrogens is 304 g/mol. The highest BCUT2D eigenvalue weighted by Crippen LogP contribution is 2.28. The summed E-state index contributed by atoms with van der Waals surface area (Å²) in [7, 11) is 0. The van der Waals surface area contributed by atoms with Crippen LogP contribution in [0.25, 0.3) is 0 Å². The Morgan fingerprint density at radius 1 is 1.04 bits per heavy atom. The zero-order chi connectivity index (χ0) is 17.7. The Morgan fingerprint density at radius 3 is 2.33 bits per heavy atom. The van der Waals surface area contributed by atoms with Gasteiger partial charge in [-0.3, -0.25) is 4.79 Å². The van der Waals surface area contributed by atoms with E-state index in [9.17, 15) is 14.7 Å². The fourth-order valence-electron chi connectivity index (χ4n) is 2.59. The number of carboxylic acids is 1. The lowest BCUT2D eigenvalue weighted by Gasteiger charge is -2.24. The van der Waals surface area contributed by atoms with Crippen molar-refractivity contribution in [2.24, 2.45) is 0 Å². The van der Waals surface area contributed by atoms with E-state index in [4.69, 9.17) is 0 Å². The van der Waals surface area contributed by atoms with Crippen LogP contribution in [0.2, 0.25) is 0 Å². The van der Waals surface area contributed by atoms with Crippen LogP contribution in [0.1, 0.15) is 40.1 Å². The van der Waals surface area contributed by atoms with Crippen LogP contribution in [0.5, 0.6) is 0 Å². The molecule has 126 valence electrons. The molecule has 0 aliphatic rings. The third kappa shape index (κ3) is 3.93. The molecule has 5 heteroatoms. The van der Waals surface area contributed by atoms with Crippen molar-refractivity contribution in [3.63, 3.8) is 0 Å². The molecule has 0 atom stereocenters. The van der Waals surface area contributed by atoms with E-state index in [1.807, 2.05) is 32.9 Å². The van der Waals surface area contributed by atoms with Gasteiger partial charge in [-0.1, -0.05) is 17.7 Å². The molecule has 0 bridgehead atoms. The molecule has 0 saturated heterocycles. The van der Waals surface area contributed by atoms with Crippen LogP contribution in [0, 0.1) is 6.92 Å². The summed E-state index contributed by atoms with van der Waals surface area (Å²) in [6.45, 7) is 7.47. The number of carbonyl (C=O) groups excluding carboxylic acids is 1. The van der Waals surface area contributed by atoms with Crippen LogP contribution in [0.4, 0.5) is 11.4 Å². The van der Waals surface area contributed by atoms with Gasteiger partial charge in [-0.05, 0) is 51.1 Å². The zero-order valence-electron chi connectivity index (χ0n) is 14.2. The van der Waals surface area contributed by atoms with E-state index in [1.165, 1.54) is 6.07 Å². The normalized spacial score (nSPS) is 10.3. The summed E-state index contributed by atoms with van der Waals surface area (Å²) < 4.78 is 0. The highest BCUT2D eigenvalue weighted by molar-refractivity contribution is 6.06. The summed E-state index contributed by atoms with van der Waals surface area (Å²) in [6, 6.07) is 12.1. The Labute approximate surface area is 141 Å². The van der Waals surface area contributed by atoms with Gasteiger partial charge in [0.1, 0.15) is 0 Å². The lowest BCUT2D eigenvalue weighted by atomic mass is 10.1. The molecule has 0 heterocycles. The van der Waals surface area contributed by atoms with Gasteiger partial charge in [-0.15, -0.1) is 0 Å². The van der Waals surface area contributed by atoms with Crippen LogP contribution in [-0.4, -0.2) is 30.1 Å². The van der Waals surface area contributed by atoms with Crippen molar-refractivity contribution in [1.29, 1.82) is 0 Å². The molecule has 0 aromatic heterocycles. The second-order valence-corrected chi connectivity index (χ2v) is 5.53. The average Bonchev–Trinajstić information content (AvgIpc) is 2.57. The summed E-state index contributed by atoms with van der Waals surface area (Å²) in [5.41, 5.74) is 2.99. The molecule has 2 aromatic carbocycles. The largest absolute Gasteiger partial charge is 0.478 e. The predicted molar refractivity (Wildman–Crippen MR) is 96.1 cm³/mol. The maximum absolute atomic E-state index is 12.5. The van der Waals surface area contributed by atoms with Gasteiger partial charge in [0.25, 0.3) is 5.91 Å². The van der Waals surface area contributed by atoms with Crippen molar-refractivity contribution in [2.75, 3.05) is 23.3 Å². The third-order valence-corrected chi connectivity index (χ3v) is 3.88. The number of nitrogens with zero attached hydrogens (tertiary/aromatic N) is 1. The minimum atomic E-state index is -1.02. The lowest BCUT2D eigenvalue weighted by Crippen LogP contribution is -2.24. The molecule has 0 fully saturated rings. The van der Waals surface area contributed by atoms with E-state index >= 15 is 0 Å². The van der Waals surface area contributed by atoms with E-state index in [0.717, 1.165) is 24.3 Å². The van der Waals surface area contributed by atoms with Crippen molar-refractivity contribution in [2.45, 2.75) is 20.8 Å². The minimum absolute atomic E-state index is 0.144. The number of nitrogens with one attached hydrogen (secondary N) is 1. The van der Waals surface area contributed by atoms with Gasteiger partial charge in [0.15, 0.2) is 0 Å². The SMILES string of the molecule is CCN(CC)c1ccc(C(=O)O)cc1NC(=O)c1cccc(C)c1. The van der Waals surface area contributed by atoms with Gasteiger partial charge in [0.05, 0.1) is 16.9 Å². The molecule has 1 amide bonds. The second-order valence-electron chi connectivity index (χ2n) is 5.53. The van der Waals surface area contributed by atoms with Gasteiger partial charge in [0.2, 0.25) is 0 Å². The third-order valence-electron chi connectivity index (χ3n) is 3.88. The Kier molecular flexibility index (Phi) is 5.58. The van der Waals surface area contributed by atoms with Crippen molar-refractivity contribution in [1.82, 2.24) is 0 Å². The zero-order valence-corrected chi connectivity index (χ0v) is 14.2. The highest BCUT2D eigenvalue weighted by Gasteiger charge is 2.15. The maximum Gasteiger partial charge on any atom is 0.335 e. The van der Waals surface area contributed by atoms with Crippen molar-refractivity contribution >= 4 is 23.3 Å². The quantitative estimate of drug-likeness (QED) is 0.847. The molecule has 2 aromatic rings. The first-order valence-electron chi connectivity index (χ1n) is 7.96. The smallest absolute Gasteiger partial charge is 0.335 e. The first-order valence-corrected chi connectivity index (χ1v) is 7.96. The lowest BCUT2D eigenvalue weighted by molar-refractivity contribution is 0.0696. The number of anilines is 2. The number of amides is 1. The molecule has 0 unspecified atom stereocenters. The number of rotatable bonds is 6. The number of aromatic carboxylic acids is 1. The van der Waals surface area contributed by atoms with E-state index < -0.39 is 5.97 Å². The summed E-state index contributed by atoms with van der Waals surface area (Å²) in [6.07, 6.45) is 0. The highest BCUT2D eigenvalue weighted by atomic mass is 16.4. The number of carbonyl (C=O) groups is 2. The van der Waals surface area contributed by atoms with Crippen LogP contribution < -0.4 is 10.2 Å². The van der Waals surface area contributed by atoms with Crippen molar-refractivity contribution < 1.29 is 14.7 Å². The number of hydrogen-bond donors (Lipinski definition) is 2. The monoisotopic (exact) mass is 326 g/mol. The van der Waals surface area contributed by atoms with Crippen LogP contribution in [0.3, 0.4) is 0 Å². The van der Waals surface area contributed by atoms with Gasteiger partial charge in [-0.25, -0.2) is 4.79 Å². The number of carboxylic acid groups (broad SMARTS) is 1. The van der Waals surface area contributed by atoms with Gasteiger partial charge in [-0.2, -0.15) is 0 Å². The van der Waals surface area contributed by atoms with Crippen LogP contribution >= 0.6 is 0 Å². The maximum atomic E-state index is 12.5. The molecule has 0 aliphatic carbocycles. The molecule has 24 heavy (non-hydrogen) atoms. The summed E-state index contributed by atoms with van der Waals surface area (Å²) >= 11 is 0. The standard InChI is InChI=1S/C19H22N2O3/c1-4-21(5-2)17-10-9-15(19(23)24)12-16(17)20-18(22)14-8-6-7-13(3)11-14/h6-12H,4-5H2,1-3H3,(H,20,22)(H,23,24). The molecular formula is C19H22N2O3. The topological polar surface area (TPSA) is 69.6 Å². The molecule has 5 nitrogen and oxygen atoms in total. The van der Waals surface area contributed by atoms with Crippen LogP contribution in [0.15, 0.2) is 42.5 Å². The summed E-state index contributed by atoms with van der Waals surface area (Å²) in [4.78, 5) is 25.8. The molecule has 0 aliphatic heterocycles. The number of hydrogen-bond acceptors (Lipinski definition) is 3. The predicted octanol–water partition coefficient (Wildman–Crippen LogP) is 3.79. The number of aryl methyl sites for hydroxylation is 1. The first-order chi connectivity index (χ1) is 11.5.